The van der Waals surface area contributed by atoms with Gasteiger partial charge in [0.2, 0.25) is 0 Å². The molecule has 0 aliphatic carbocycles. The predicted molar refractivity (Wildman–Crippen MR) is 92.4 cm³/mol. The van der Waals surface area contributed by atoms with E-state index >= 15 is 0 Å². The van der Waals surface area contributed by atoms with E-state index in [-0.39, 0.29) is 5.78 Å². The highest BCUT2D eigenvalue weighted by Gasteiger charge is 2.07. The van der Waals surface area contributed by atoms with Crippen LogP contribution in [0.25, 0.3) is 0 Å². The lowest BCUT2D eigenvalue weighted by Gasteiger charge is -2.08. The van der Waals surface area contributed by atoms with Crippen LogP contribution in [-0.4, -0.2) is 31.3 Å². The van der Waals surface area contributed by atoms with Crippen molar-refractivity contribution in [3.63, 3.8) is 0 Å². The second-order valence-electron chi connectivity index (χ2n) is 6.01. The maximum Gasteiger partial charge on any atom is 0.193 e. The Balaban J connectivity index is 1.84. The minimum Gasteiger partial charge on any atom is -0.309 e. The van der Waals surface area contributed by atoms with Crippen molar-refractivity contribution < 1.29 is 4.79 Å². The van der Waals surface area contributed by atoms with Crippen molar-refractivity contribution in [3.05, 3.63) is 71.3 Å². The molecule has 2 aromatic carbocycles. The third kappa shape index (κ3) is 5.12. The Hall–Kier alpha value is -1.93. The van der Waals surface area contributed by atoms with Gasteiger partial charge in [-0.3, -0.25) is 4.79 Å². The number of unbranched alkanes of at least 4 members (excludes halogenated alkanes) is 2. The molecule has 0 aliphatic rings. The van der Waals surface area contributed by atoms with E-state index in [1.807, 2.05) is 42.5 Å². The maximum absolute atomic E-state index is 12.3. The SMILES string of the molecule is CN(C)CCCCCc1ccc(C(=O)c2ccccc2)cc1. The summed E-state index contributed by atoms with van der Waals surface area (Å²) in [5.74, 6) is 0.0955. The van der Waals surface area contributed by atoms with E-state index in [0.717, 1.165) is 24.1 Å². The molecule has 2 heteroatoms. The summed E-state index contributed by atoms with van der Waals surface area (Å²) in [6.07, 6.45) is 4.80. The van der Waals surface area contributed by atoms with Gasteiger partial charge in [-0.25, -0.2) is 0 Å². The van der Waals surface area contributed by atoms with E-state index in [9.17, 15) is 4.79 Å². The molecule has 0 radical (unpaired) electrons. The highest BCUT2D eigenvalue weighted by Crippen LogP contribution is 2.13. The van der Waals surface area contributed by atoms with Gasteiger partial charge < -0.3 is 4.90 Å². The molecule has 0 fully saturated rings. The van der Waals surface area contributed by atoms with Crippen LogP contribution in [0.15, 0.2) is 54.6 Å². The Kier molecular flexibility index (Phi) is 6.35. The van der Waals surface area contributed by atoms with Crippen molar-refractivity contribution in [2.24, 2.45) is 0 Å². The van der Waals surface area contributed by atoms with E-state index in [4.69, 9.17) is 0 Å². The number of nitrogens with zero attached hydrogens (tertiary/aromatic N) is 1. The number of rotatable bonds is 8. The molecular formula is C20H25NO. The summed E-state index contributed by atoms with van der Waals surface area (Å²) in [6, 6.07) is 17.5. The third-order valence-corrected chi connectivity index (χ3v) is 3.82. The molecule has 0 unspecified atom stereocenters. The maximum atomic E-state index is 12.3. The van der Waals surface area contributed by atoms with Crippen molar-refractivity contribution in [1.82, 2.24) is 4.90 Å². The molecule has 2 rings (SSSR count). The summed E-state index contributed by atoms with van der Waals surface area (Å²) >= 11 is 0. The molecule has 0 atom stereocenters. The van der Waals surface area contributed by atoms with Crippen LogP contribution in [0.5, 0.6) is 0 Å². The van der Waals surface area contributed by atoms with Gasteiger partial charge in [-0.1, -0.05) is 61.0 Å². The Labute approximate surface area is 133 Å². The normalized spacial score (nSPS) is 10.9. The largest absolute Gasteiger partial charge is 0.309 e. The number of carbonyl (C=O) groups excluding carboxylic acids is 1. The van der Waals surface area contributed by atoms with Crippen molar-refractivity contribution >= 4 is 5.78 Å². The first-order chi connectivity index (χ1) is 10.7. The number of hydrogen-bond donors (Lipinski definition) is 0. The molecular weight excluding hydrogens is 270 g/mol. The minimum absolute atomic E-state index is 0.0955. The second kappa shape index (κ2) is 8.50. The zero-order valence-corrected chi connectivity index (χ0v) is 13.6. The lowest BCUT2D eigenvalue weighted by molar-refractivity contribution is 0.103. The topological polar surface area (TPSA) is 20.3 Å². The van der Waals surface area contributed by atoms with Gasteiger partial charge in [-0.05, 0) is 45.5 Å². The van der Waals surface area contributed by atoms with Crippen LogP contribution in [0.3, 0.4) is 0 Å². The van der Waals surface area contributed by atoms with Gasteiger partial charge in [-0.2, -0.15) is 0 Å². The summed E-state index contributed by atoms with van der Waals surface area (Å²) in [5, 5.41) is 0. The second-order valence-corrected chi connectivity index (χ2v) is 6.01. The number of aryl methyl sites for hydroxylation is 1. The van der Waals surface area contributed by atoms with Crippen LogP contribution >= 0.6 is 0 Å². The first kappa shape index (κ1) is 16.4. The van der Waals surface area contributed by atoms with Gasteiger partial charge in [0.25, 0.3) is 0 Å². The highest BCUT2D eigenvalue weighted by molar-refractivity contribution is 6.08. The van der Waals surface area contributed by atoms with Gasteiger partial charge in [0.1, 0.15) is 0 Å². The highest BCUT2D eigenvalue weighted by atomic mass is 16.1. The predicted octanol–water partition coefficient (Wildman–Crippen LogP) is 4.19. The molecule has 0 aromatic heterocycles. The van der Waals surface area contributed by atoms with Crippen molar-refractivity contribution in [2.45, 2.75) is 25.7 Å². The molecule has 0 bridgehead atoms. The zero-order chi connectivity index (χ0) is 15.8. The lowest BCUT2D eigenvalue weighted by atomic mass is 10.0. The monoisotopic (exact) mass is 295 g/mol. The molecule has 22 heavy (non-hydrogen) atoms. The molecule has 0 saturated carbocycles. The lowest BCUT2D eigenvalue weighted by Crippen LogP contribution is -2.12. The van der Waals surface area contributed by atoms with Gasteiger partial charge in [0.15, 0.2) is 5.78 Å². The molecule has 2 nitrogen and oxygen atoms in total. The molecule has 0 aliphatic heterocycles. The summed E-state index contributed by atoms with van der Waals surface area (Å²) in [6.45, 7) is 1.16. The van der Waals surface area contributed by atoms with Gasteiger partial charge in [0.05, 0.1) is 0 Å². The average molecular weight is 295 g/mol. The Morgan fingerprint density at radius 1 is 0.818 bits per heavy atom. The third-order valence-electron chi connectivity index (χ3n) is 3.82. The molecule has 0 heterocycles. The van der Waals surface area contributed by atoms with Gasteiger partial charge in [-0.15, -0.1) is 0 Å². The zero-order valence-electron chi connectivity index (χ0n) is 13.6. The molecule has 0 amide bonds. The fourth-order valence-corrected chi connectivity index (χ4v) is 2.51. The minimum atomic E-state index is 0.0955. The van der Waals surface area contributed by atoms with E-state index in [0.29, 0.717) is 0 Å². The van der Waals surface area contributed by atoms with Crippen LogP contribution < -0.4 is 0 Å². The fourth-order valence-electron chi connectivity index (χ4n) is 2.51. The number of carbonyl (C=O) groups is 1. The van der Waals surface area contributed by atoms with Gasteiger partial charge >= 0.3 is 0 Å². The fraction of sp³-hybridized carbons (Fsp3) is 0.350. The average Bonchev–Trinajstić information content (AvgIpc) is 2.55. The van der Waals surface area contributed by atoms with Crippen molar-refractivity contribution in [2.75, 3.05) is 20.6 Å². The first-order valence-corrected chi connectivity index (χ1v) is 8.00. The molecule has 0 spiro atoms. The number of benzene rings is 2. The van der Waals surface area contributed by atoms with E-state index < -0.39 is 0 Å². The number of hydrogen-bond acceptors (Lipinski definition) is 2. The quantitative estimate of drug-likeness (QED) is 0.537. The Bertz CT molecular complexity index is 572. The Morgan fingerprint density at radius 2 is 1.45 bits per heavy atom. The van der Waals surface area contributed by atoms with Crippen LogP contribution in [0.2, 0.25) is 0 Å². The summed E-state index contributed by atoms with van der Waals surface area (Å²) in [4.78, 5) is 14.5. The standard InChI is InChI=1S/C20H25NO/c1-21(2)16-8-4-5-9-17-12-14-19(15-13-17)20(22)18-10-6-3-7-11-18/h3,6-7,10-15H,4-5,8-9,16H2,1-2H3. The van der Waals surface area contributed by atoms with Crippen molar-refractivity contribution in [1.29, 1.82) is 0 Å². The van der Waals surface area contributed by atoms with E-state index in [1.54, 1.807) is 0 Å². The Morgan fingerprint density at radius 3 is 2.09 bits per heavy atom. The molecule has 2 aromatic rings. The first-order valence-electron chi connectivity index (χ1n) is 8.00. The molecule has 0 saturated heterocycles. The molecule has 0 N–H and O–H groups in total. The number of ketones is 1. The molecule has 116 valence electrons. The van der Waals surface area contributed by atoms with E-state index in [1.165, 1.54) is 24.8 Å². The van der Waals surface area contributed by atoms with Crippen LogP contribution in [0, 0.1) is 0 Å². The van der Waals surface area contributed by atoms with Crippen LogP contribution in [0.1, 0.15) is 40.7 Å². The summed E-state index contributed by atoms with van der Waals surface area (Å²) in [5.41, 5.74) is 2.83. The van der Waals surface area contributed by atoms with Crippen LogP contribution in [-0.2, 0) is 6.42 Å². The smallest absolute Gasteiger partial charge is 0.193 e. The van der Waals surface area contributed by atoms with Crippen LogP contribution in [0.4, 0.5) is 0 Å². The van der Waals surface area contributed by atoms with Crippen molar-refractivity contribution in [3.8, 4) is 0 Å². The van der Waals surface area contributed by atoms with Gasteiger partial charge in [0, 0.05) is 11.1 Å². The summed E-state index contributed by atoms with van der Waals surface area (Å²) < 4.78 is 0. The van der Waals surface area contributed by atoms with E-state index in [2.05, 4.69) is 31.1 Å². The summed E-state index contributed by atoms with van der Waals surface area (Å²) in [7, 11) is 4.23.